The molecule has 0 bridgehead atoms. The Morgan fingerprint density at radius 2 is 1.67 bits per heavy atom. The second-order valence-electron chi connectivity index (χ2n) is 6.19. The molecule has 0 fully saturated rings. The van der Waals surface area contributed by atoms with Crippen molar-refractivity contribution in [3.05, 3.63) is 77.2 Å². The van der Waals surface area contributed by atoms with Crippen LogP contribution in [0.3, 0.4) is 0 Å². The molecule has 1 heterocycles. The van der Waals surface area contributed by atoms with E-state index >= 15 is 0 Å². The minimum Gasteiger partial charge on any atom is -0.496 e. The van der Waals surface area contributed by atoms with Crippen molar-refractivity contribution in [1.82, 2.24) is 9.97 Å². The van der Waals surface area contributed by atoms with Crippen molar-refractivity contribution >= 4 is 33.5 Å². The maximum atomic E-state index is 12.9. The molecule has 0 spiro atoms. The average Bonchev–Trinajstić information content (AvgIpc) is 2.75. The molecule has 7 nitrogen and oxygen atoms in total. The lowest BCUT2D eigenvalue weighted by Gasteiger charge is -2.16. The van der Waals surface area contributed by atoms with Crippen LogP contribution >= 0.6 is 11.6 Å². The molecule has 0 amide bonds. The number of nitrogens with one attached hydrogen (secondary N) is 1. The van der Waals surface area contributed by atoms with Gasteiger partial charge in [-0.05, 0) is 29.8 Å². The fourth-order valence-electron chi connectivity index (χ4n) is 2.88. The second kappa shape index (κ2) is 9.15. The second-order valence-corrected chi connectivity index (χ2v) is 8.23. The third kappa shape index (κ3) is 4.55. The highest BCUT2D eigenvalue weighted by atomic mass is 35.5. The van der Waals surface area contributed by atoms with E-state index in [0.717, 1.165) is 5.56 Å². The van der Waals surface area contributed by atoms with Crippen LogP contribution in [0.5, 0.6) is 11.5 Å². The Morgan fingerprint density at radius 1 is 1.03 bits per heavy atom. The summed E-state index contributed by atoms with van der Waals surface area (Å²) in [5.41, 5.74) is 1.89. The number of rotatable bonds is 8. The van der Waals surface area contributed by atoms with Crippen LogP contribution in [0.25, 0.3) is 6.08 Å². The Labute approximate surface area is 180 Å². The largest absolute Gasteiger partial charge is 0.496 e. The van der Waals surface area contributed by atoms with Gasteiger partial charge >= 0.3 is 0 Å². The number of nitrogens with zero attached hydrogens (tertiary/aromatic N) is 2. The molecule has 0 aliphatic carbocycles. The van der Waals surface area contributed by atoms with E-state index < -0.39 is 10.0 Å². The maximum Gasteiger partial charge on any atom is 0.263 e. The van der Waals surface area contributed by atoms with Gasteiger partial charge in [-0.2, -0.15) is 0 Å². The molecule has 1 aromatic heterocycles. The van der Waals surface area contributed by atoms with Gasteiger partial charge in [0.05, 0.1) is 19.1 Å². The summed E-state index contributed by atoms with van der Waals surface area (Å²) >= 11 is 6.31. The van der Waals surface area contributed by atoms with Gasteiger partial charge in [0, 0.05) is 17.5 Å². The smallest absolute Gasteiger partial charge is 0.263 e. The highest BCUT2D eigenvalue weighted by Gasteiger charge is 2.21. The third-order valence-corrected chi connectivity index (χ3v) is 6.11. The van der Waals surface area contributed by atoms with Gasteiger partial charge in [-0.25, -0.2) is 18.4 Å². The predicted molar refractivity (Wildman–Crippen MR) is 117 cm³/mol. The van der Waals surface area contributed by atoms with Crippen molar-refractivity contribution in [2.75, 3.05) is 18.9 Å². The minimum absolute atomic E-state index is 0.0794. The summed E-state index contributed by atoms with van der Waals surface area (Å²) in [5.74, 6) is 1.22. The molecule has 0 aliphatic rings. The molecule has 0 saturated carbocycles. The van der Waals surface area contributed by atoms with Crippen LogP contribution in [-0.4, -0.2) is 32.6 Å². The zero-order chi connectivity index (χ0) is 21.7. The van der Waals surface area contributed by atoms with Gasteiger partial charge < -0.3 is 9.47 Å². The third-order valence-electron chi connectivity index (χ3n) is 4.43. The zero-order valence-electron chi connectivity index (χ0n) is 16.4. The first-order chi connectivity index (χ1) is 14.4. The van der Waals surface area contributed by atoms with E-state index in [9.17, 15) is 8.42 Å². The van der Waals surface area contributed by atoms with E-state index in [4.69, 9.17) is 21.1 Å². The molecule has 0 unspecified atom stereocenters. The van der Waals surface area contributed by atoms with Crippen LogP contribution in [0, 0.1) is 0 Å². The minimum atomic E-state index is -3.90. The van der Waals surface area contributed by atoms with Gasteiger partial charge in [-0.3, -0.25) is 4.72 Å². The normalized spacial score (nSPS) is 11.0. The van der Waals surface area contributed by atoms with E-state index in [1.54, 1.807) is 36.4 Å². The lowest BCUT2D eigenvalue weighted by Crippen LogP contribution is -2.16. The quantitative estimate of drug-likeness (QED) is 0.523. The van der Waals surface area contributed by atoms with E-state index in [0.29, 0.717) is 22.6 Å². The summed E-state index contributed by atoms with van der Waals surface area (Å²) in [6, 6.07) is 11.7. The van der Waals surface area contributed by atoms with E-state index in [2.05, 4.69) is 21.3 Å². The number of methoxy groups -OCH3 is 2. The number of benzene rings is 2. The summed E-state index contributed by atoms with van der Waals surface area (Å²) < 4.78 is 39.1. The van der Waals surface area contributed by atoms with Crippen molar-refractivity contribution in [2.24, 2.45) is 0 Å². The van der Waals surface area contributed by atoms with Gasteiger partial charge in [0.25, 0.3) is 10.0 Å². The van der Waals surface area contributed by atoms with Crippen LogP contribution in [0.1, 0.15) is 16.7 Å². The first-order valence-corrected chi connectivity index (χ1v) is 10.7. The number of hydrogen-bond acceptors (Lipinski definition) is 6. The SMILES string of the molecule is C=Cc1ccc(S(=O)(=O)Nc2ncnc(Cl)c2Cc2c(OC)cccc2OC)cc1. The van der Waals surface area contributed by atoms with Crippen LogP contribution in [0.15, 0.2) is 60.3 Å². The number of sulfonamides is 1. The van der Waals surface area contributed by atoms with E-state index in [-0.39, 0.29) is 22.3 Å². The molecule has 156 valence electrons. The van der Waals surface area contributed by atoms with Crippen LogP contribution in [-0.2, 0) is 16.4 Å². The van der Waals surface area contributed by atoms with Gasteiger partial charge in [-0.15, -0.1) is 0 Å². The molecule has 0 radical (unpaired) electrons. The van der Waals surface area contributed by atoms with Gasteiger partial charge in [-0.1, -0.05) is 42.5 Å². The van der Waals surface area contributed by atoms with Crippen LogP contribution in [0.4, 0.5) is 5.82 Å². The number of ether oxygens (including phenoxy) is 2. The molecular formula is C21H20ClN3O4S. The maximum absolute atomic E-state index is 12.9. The first-order valence-electron chi connectivity index (χ1n) is 8.84. The molecule has 3 aromatic rings. The topological polar surface area (TPSA) is 90.4 Å². The zero-order valence-corrected chi connectivity index (χ0v) is 18.0. The Kier molecular flexibility index (Phi) is 6.59. The predicted octanol–water partition coefficient (Wildman–Crippen LogP) is 4.18. The molecule has 0 aliphatic heterocycles. The molecule has 0 saturated heterocycles. The standard InChI is InChI=1S/C21H20ClN3O4S/c1-4-14-8-10-15(11-9-14)30(26,27)25-21-17(20(22)23-13-24-21)12-16-18(28-2)6-5-7-19(16)29-3/h4-11,13H,1,12H2,2-3H3,(H,23,24,25). The molecule has 1 N–H and O–H groups in total. The molecule has 2 aromatic carbocycles. The number of hydrogen-bond donors (Lipinski definition) is 1. The van der Waals surface area contributed by atoms with Crippen molar-refractivity contribution in [2.45, 2.75) is 11.3 Å². The van der Waals surface area contributed by atoms with E-state index in [1.165, 1.54) is 32.7 Å². The molecule has 9 heteroatoms. The van der Waals surface area contributed by atoms with Crippen molar-refractivity contribution in [3.63, 3.8) is 0 Å². The van der Waals surface area contributed by atoms with Gasteiger partial charge in [0.1, 0.15) is 28.8 Å². The van der Waals surface area contributed by atoms with Crippen molar-refractivity contribution in [1.29, 1.82) is 0 Å². The summed E-state index contributed by atoms with van der Waals surface area (Å²) in [6.45, 7) is 3.66. The molecule has 30 heavy (non-hydrogen) atoms. The fourth-order valence-corrected chi connectivity index (χ4v) is 4.13. The van der Waals surface area contributed by atoms with E-state index in [1.807, 2.05) is 0 Å². The number of anilines is 1. The summed E-state index contributed by atoms with van der Waals surface area (Å²) in [4.78, 5) is 8.19. The Balaban J connectivity index is 2.01. The lowest BCUT2D eigenvalue weighted by atomic mass is 10.0. The summed E-state index contributed by atoms with van der Waals surface area (Å²) in [6.07, 6.45) is 3.02. The van der Waals surface area contributed by atoms with Gasteiger partial charge in [0.2, 0.25) is 0 Å². The average molecular weight is 446 g/mol. The Hall–Kier alpha value is -3.10. The molecule has 3 rings (SSSR count). The Bertz CT molecular complexity index is 1140. The molecular weight excluding hydrogens is 426 g/mol. The monoisotopic (exact) mass is 445 g/mol. The highest BCUT2D eigenvalue weighted by Crippen LogP contribution is 2.34. The number of aromatic nitrogens is 2. The first kappa shape index (κ1) is 21.6. The summed E-state index contributed by atoms with van der Waals surface area (Å²) in [7, 11) is -0.818. The Morgan fingerprint density at radius 3 is 2.23 bits per heavy atom. The fraction of sp³-hybridized carbons (Fsp3) is 0.143. The van der Waals surface area contributed by atoms with Crippen molar-refractivity contribution < 1.29 is 17.9 Å². The van der Waals surface area contributed by atoms with Crippen LogP contribution < -0.4 is 14.2 Å². The lowest BCUT2D eigenvalue weighted by molar-refractivity contribution is 0.387. The highest BCUT2D eigenvalue weighted by molar-refractivity contribution is 7.92. The molecule has 0 atom stereocenters. The summed E-state index contributed by atoms with van der Waals surface area (Å²) in [5, 5.41) is 0.123. The van der Waals surface area contributed by atoms with Crippen LogP contribution in [0.2, 0.25) is 5.15 Å². The number of halogens is 1. The van der Waals surface area contributed by atoms with Gasteiger partial charge in [0.15, 0.2) is 0 Å². The van der Waals surface area contributed by atoms with Crippen molar-refractivity contribution in [3.8, 4) is 11.5 Å².